The topological polar surface area (TPSA) is 139 Å². The van der Waals surface area contributed by atoms with Crippen LogP contribution in [0.25, 0.3) is 0 Å². The molecule has 3 aromatic rings. The standard InChI is InChI=1S/C25H27FN6O4/c26-17-3-1-16(2-4-17)23(34)30-18-5-7-19(8-6-18)31-25(36)22-21(28-15-29-22)24(35)27-11-14-32-12-9-20(33)10-13-32/h1-8,15,20,33H,9-14H2,(H,27,35)(H,28,29)(H,30,34)(H,31,36). The maximum Gasteiger partial charge on any atom is 0.276 e. The fourth-order valence-electron chi connectivity index (χ4n) is 3.83. The average molecular weight is 495 g/mol. The van der Waals surface area contributed by atoms with Gasteiger partial charge in [0, 0.05) is 43.1 Å². The van der Waals surface area contributed by atoms with E-state index in [2.05, 4.69) is 30.8 Å². The molecule has 0 saturated carbocycles. The lowest BCUT2D eigenvalue weighted by Gasteiger charge is -2.29. The van der Waals surface area contributed by atoms with Gasteiger partial charge >= 0.3 is 0 Å². The normalized spacial score (nSPS) is 14.3. The van der Waals surface area contributed by atoms with Gasteiger partial charge in [0.25, 0.3) is 17.7 Å². The summed E-state index contributed by atoms with van der Waals surface area (Å²) in [4.78, 5) is 46.4. The molecule has 5 N–H and O–H groups in total. The second-order valence-corrected chi connectivity index (χ2v) is 8.45. The fourth-order valence-corrected chi connectivity index (χ4v) is 3.83. The summed E-state index contributed by atoms with van der Waals surface area (Å²) < 4.78 is 13.0. The monoisotopic (exact) mass is 494 g/mol. The van der Waals surface area contributed by atoms with Gasteiger partial charge in [0.1, 0.15) is 11.5 Å². The lowest BCUT2D eigenvalue weighted by atomic mass is 10.1. The number of aromatic nitrogens is 2. The Bertz CT molecular complexity index is 1200. The Kier molecular flexibility index (Phi) is 8.03. The molecule has 1 aliphatic rings. The molecule has 36 heavy (non-hydrogen) atoms. The zero-order valence-electron chi connectivity index (χ0n) is 19.5. The van der Waals surface area contributed by atoms with Crippen LogP contribution in [-0.4, -0.2) is 70.0 Å². The third kappa shape index (κ3) is 6.52. The van der Waals surface area contributed by atoms with Crippen LogP contribution >= 0.6 is 0 Å². The SMILES string of the molecule is O=C(Nc1ccc(NC(=O)c2nc[nH]c2C(=O)NCCN2CCC(O)CC2)cc1)c1ccc(F)cc1. The maximum absolute atomic E-state index is 13.0. The lowest BCUT2D eigenvalue weighted by molar-refractivity contribution is 0.0803. The molecule has 0 aliphatic carbocycles. The highest BCUT2D eigenvalue weighted by molar-refractivity contribution is 6.10. The lowest BCUT2D eigenvalue weighted by Crippen LogP contribution is -2.41. The summed E-state index contributed by atoms with van der Waals surface area (Å²) in [7, 11) is 0. The number of likely N-dealkylation sites (tertiary alicyclic amines) is 1. The summed E-state index contributed by atoms with van der Waals surface area (Å²) in [6, 6.07) is 11.6. The summed E-state index contributed by atoms with van der Waals surface area (Å²) in [5, 5.41) is 17.7. The Hall–Kier alpha value is -4.09. The number of carbonyl (C=O) groups is 3. The highest BCUT2D eigenvalue weighted by atomic mass is 19.1. The highest BCUT2D eigenvalue weighted by Crippen LogP contribution is 2.16. The number of anilines is 2. The van der Waals surface area contributed by atoms with Crippen molar-refractivity contribution < 1.29 is 23.9 Å². The van der Waals surface area contributed by atoms with Crippen LogP contribution in [0.4, 0.5) is 15.8 Å². The molecule has 3 amide bonds. The summed E-state index contributed by atoms with van der Waals surface area (Å²) in [6.07, 6.45) is 2.48. The van der Waals surface area contributed by atoms with Crippen LogP contribution in [0.2, 0.25) is 0 Å². The number of nitrogens with one attached hydrogen (secondary N) is 4. The van der Waals surface area contributed by atoms with E-state index >= 15 is 0 Å². The Morgan fingerprint density at radius 3 is 2.19 bits per heavy atom. The fraction of sp³-hybridized carbons (Fsp3) is 0.280. The van der Waals surface area contributed by atoms with Gasteiger partial charge in [-0.1, -0.05) is 0 Å². The molecular formula is C25H27FN6O4. The van der Waals surface area contributed by atoms with Crippen molar-refractivity contribution in [3.8, 4) is 0 Å². The molecule has 1 aliphatic heterocycles. The minimum absolute atomic E-state index is 0.0396. The zero-order chi connectivity index (χ0) is 25.5. The van der Waals surface area contributed by atoms with E-state index in [1.165, 1.54) is 30.6 Å². The van der Waals surface area contributed by atoms with Gasteiger partial charge < -0.3 is 30.9 Å². The molecule has 188 valence electrons. The number of benzene rings is 2. The van der Waals surface area contributed by atoms with Gasteiger partial charge in [-0.2, -0.15) is 0 Å². The van der Waals surface area contributed by atoms with Crippen LogP contribution in [-0.2, 0) is 0 Å². The molecular weight excluding hydrogens is 467 g/mol. The maximum atomic E-state index is 13.0. The van der Waals surface area contributed by atoms with E-state index in [-0.39, 0.29) is 17.5 Å². The summed E-state index contributed by atoms with van der Waals surface area (Å²) >= 11 is 0. The first-order valence-electron chi connectivity index (χ1n) is 11.6. The van der Waals surface area contributed by atoms with Gasteiger partial charge in [-0.15, -0.1) is 0 Å². The summed E-state index contributed by atoms with van der Waals surface area (Å²) in [6.45, 7) is 2.62. The number of carbonyl (C=O) groups excluding carboxylic acids is 3. The Morgan fingerprint density at radius 2 is 1.56 bits per heavy atom. The molecule has 0 atom stereocenters. The molecule has 0 unspecified atom stereocenters. The van der Waals surface area contributed by atoms with Gasteiger partial charge in [0.05, 0.1) is 12.4 Å². The first kappa shape index (κ1) is 25.0. The van der Waals surface area contributed by atoms with Gasteiger partial charge in [-0.3, -0.25) is 14.4 Å². The van der Waals surface area contributed by atoms with Crippen molar-refractivity contribution in [1.29, 1.82) is 0 Å². The van der Waals surface area contributed by atoms with E-state index in [4.69, 9.17) is 0 Å². The first-order valence-corrected chi connectivity index (χ1v) is 11.6. The number of imidazole rings is 1. The average Bonchev–Trinajstić information content (AvgIpc) is 3.37. The van der Waals surface area contributed by atoms with Crippen molar-refractivity contribution in [2.75, 3.05) is 36.8 Å². The van der Waals surface area contributed by atoms with Crippen molar-refractivity contribution in [1.82, 2.24) is 20.2 Å². The van der Waals surface area contributed by atoms with Crippen molar-refractivity contribution in [3.05, 3.63) is 77.6 Å². The van der Waals surface area contributed by atoms with Crippen molar-refractivity contribution in [3.63, 3.8) is 0 Å². The first-order chi connectivity index (χ1) is 17.4. The molecule has 4 rings (SSSR count). The van der Waals surface area contributed by atoms with Crippen LogP contribution in [0, 0.1) is 5.82 Å². The summed E-state index contributed by atoms with van der Waals surface area (Å²) in [5.74, 6) is -1.82. The molecule has 1 fully saturated rings. The van der Waals surface area contributed by atoms with E-state index in [1.807, 2.05) is 0 Å². The number of aliphatic hydroxyl groups is 1. The molecule has 1 saturated heterocycles. The largest absolute Gasteiger partial charge is 0.393 e. The number of piperidine rings is 1. The van der Waals surface area contributed by atoms with Gasteiger partial charge in [0.2, 0.25) is 0 Å². The van der Waals surface area contributed by atoms with Crippen LogP contribution in [0.1, 0.15) is 44.2 Å². The minimum Gasteiger partial charge on any atom is -0.393 e. The minimum atomic E-state index is -0.561. The molecule has 2 heterocycles. The molecule has 2 aromatic carbocycles. The second kappa shape index (κ2) is 11.6. The van der Waals surface area contributed by atoms with Crippen LogP contribution in [0.5, 0.6) is 0 Å². The number of halogens is 1. The van der Waals surface area contributed by atoms with Crippen LogP contribution in [0.3, 0.4) is 0 Å². The number of hydrogen-bond acceptors (Lipinski definition) is 6. The molecule has 11 heteroatoms. The molecule has 0 spiro atoms. The van der Waals surface area contributed by atoms with E-state index in [9.17, 15) is 23.9 Å². The van der Waals surface area contributed by atoms with Crippen molar-refractivity contribution >= 4 is 29.1 Å². The number of aromatic amines is 1. The Balaban J connectivity index is 1.29. The number of hydrogen-bond donors (Lipinski definition) is 5. The number of nitrogens with zero attached hydrogens (tertiary/aromatic N) is 2. The molecule has 0 bridgehead atoms. The Labute approximate surface area is 206 Å². The summed E-state index contributed by atoms with van der Waals surface area (Å²) in [5.41, 5.74) is 1.27. The third-order valence-electron chi connectivity index (χ3n) is 5.86. The second-order valence-electron chi connectivity index (χ2n) is 8.45. The highest BCUT2D eigenvalue weighted by Gasteiger charge is 2.21. The van der Waals surface area contributed by atoms with E-state index in [0.717, 1.165) is 25.9 Å². The zero-order valence-corrected chi connectivity index (χ0v) is 19.5. The van der Waals surface area contributed by atoms with Gasteiger partial charge in [-0.25, -0.2) is 9.37 Å². The number of H-pyrrole nitrogens is 1. The van der Waals surface area contributed by atoms with E-state index in [1.54, 1.807) is 24.3 Å². The van der Waals surface area contributed by atoms with Crippen molar-refractivity contribution in [2.45, 2.75) is 18.9 Å². The predicted molar refractivity (Wildman–Crippen MR) is 131 cm³/mol. The van der Waals surface area contributed by atoms with Gasteiger partial charge in [0.15, 0.2) is 5.69 Å². The van der Waals surface area contributed by atoms with E-state index < -0.39 is 23.5 Å². The van der Waals surface area contributed by atoms with Crippen LogP contribution < -0.4 is 16.0 Å². The van der Waals surface area contributed by atoms with Crippen LogP contribution in [0.15, 0.2) is 54.9 Å². The smallest absolute Gasteiger partial charge is 0.276 e. The third-order valence-corrected chi connectivity index (χ3v) is 5.86. The quantitative estimate of drug-likeness (QED) is 0.326. The molecule has 1 aromatic heterocycles. The number of rotatable bonds is 8. The molecule has 10 nitrogen and oxygen atoms in total. The number of aliphatic hydroxyl groups excluding tert-OH is 1. The Morgan fingerprint density at radius 1 is 0.944 bits per heavy atom. The molecule has 0 radical (unpaired) electrons. The van der Waals surface area contributed by atoms with E-state index in [0.29, 0.717) is 30.0 Å². The van der Waals surface area contributed by atoms with Gasteiger partial charge in [-0.05, 0) is 61.4 Å². The predicted octanol–water partition coefficient (Wildman–Crippen LogP) is 2.24. The number of amides is 3. The van der Waals surface area contributed by atoms with Crippen molar-refractivity contribution in [2.24, 2.45) is 0 Å².